The summed E-state index contributed by atoms with van der Waals surface area (Å²) in [5.41, 5.74) is 3.54. The number of aromatic amines is 2. The first-order chi connectivity index (χ1) is 6.90. The van der Waals surface area contributed by atoms with Gasteiger partial charge in [-0.15, -0.1) is 0 Å². The van der Waals surface area contributed by atoms with Crippen LogP contribution in [0.15, 0.2) is 24.5 Å². The van der Waals surface area contributed by atoms with Crippen molar-refractivity contribution in [3.8, 4) is 0 Å². The summed E-state index contributed by atoms with van der Waals surface area (Å²) in [5, 5.41) is 8.63. The largest absolute Gasteiger partial charge is 0.307 e. The third-order valence-electron chi connectivity index (χ3n) is 2.71. The van der Waals surface area contributed by atoms with Gasteiger partial charge in [-0.05, 0) is 24.1 Å². The second-order valence-electron chi connectivity index (χ2n) is 3.47. The standard InChI is InChI=1S/C11H11N3/c1-2-7-5-12-10-4-3-9-8(11(7)10)6-13-14-9/h3-6,13-14H,2H2,1H3. The highest BCUT2D eigenvalue weighted by molar-refractivity contribution is 6.06. The molecule has 0 aliphatic rings. The van der Waals surface area contributed by atoms with E-state index in [1.54, 1.807) is 0 Å². The first-order valence-corrected chi connectivity index (χ1v) is 4.82. The number of hydrogen-bond acceptors (Lipinski definition) is 1. The molecular weight excluding hydrogens is 174 g/mol. The molecule has 0 aliphatic carbocycles. The van der Waals surface area contributed by atoms with Crippen LogP contribution in [0, 0.1) is 0 Å². The fourth-order valence-corrected chi connectivity index (χ4v) is 1.98. The van der Waals surface area contributed by atoms with E-state index in [1.165, 1.54) is 16.3 Å². The number of nitrogens with one attached hydrogen (secondary N) is 2. The molecule has 0 amide bonds. The Morgan fingerprint density at radius 1 is 1.36 bits per heavy atom. The van der Waals surface area contributed by atoms with Crippen molar-refractivity contribution in [2.24, 2.45) is 0 Å². The number of aromatic nitrogens is 3. The van der Waals surface area contributed by atoms with Gasteiger partial charge in [0, 0.05) is 23.2 Å². The van der Waals surface area contributed by atoms with Gasteiger partial charge in [-0.3, -0.25) is 4.98 Å². The number of fused-ring (bicyclic) bond motifs is 3. The third-order valence-corrected chi connectivity index (χ3v) is 2.71. The van der Waals surface area contributed by atoms with Gasteiger partial charge in [0.25, 0.3) is 0 Å². The van der Waals surface area contributed by atoms with E-state index in [-0.39, 0.29) is 0 Å². The van der Waals surface area contributed by atoms with E-state index < -0.39 is 0 Å². The van der Waals surface area contributed by atoms with E-state index in [9.17, 15) is 0 Å². The predicted molar refractivity (Wildman–Crippen MR) is 57.3 cm³/mol. The summed E-state index contributed by atoms with van der Waals surface area (Å²) in [6, 6.07) is 4.11. The van der Waals surface area contributed by atoms with Gasteiger partial charge >= 0.3 is 0 Å². The highest BCUT2D eigenvalue weighted by atomic mass is 15.1. The van der Waals surface area contributed by atoms with E-state index in [1.807, 2.05) is 12.4 Å². The Balaban J connectivity index is 2.58. The van der Waals surface area contributed by atoms with Gasteiger partial charge in [-0.25, -0.2) is 0 Å². The third kappa shape index (κ3) is 0.839. The van der Waals surface area contributed by atoms with Gasteiger partial charge in [-0.2, -0.15) is 0 Å². The molecule has 0 spiro atoms. The molecule has 0 atom stereocenters. The maximum absolute atomic E-state index is 4.39. The minimum atomic E-state index is 1.03. The van der Waals surface area contributed by atoms with E-state index in [4.69, 9.17) is 0 Å². The van der Waals surface area contributed by atoms with Crippen LogP contribution in [0.5, 0.6) is 0 Å². The Hall–Kier alpha value is -1.77. The molecular formula is C11H11N3. The van der Waals surface area contributed by atoms with E-state index in [2.05, 4.69) is 34.2 Å². The number of benzene rings is 1. The van der Waals surface area contributed by atoms with Crippen molar-refractivity contribution in [1.82, 2.24) is 15.2 Å². The fourth-order valence-electron chi connectivity index (χ4n) is 1.98. The molecule has 3 aromatic rings. The number of hydrogen-bond donors (Lipinski definition) is 2. The summed E-state index contributed by atoms with van der Waals surface area (Å²) in [5.74, 6) is 0. The van der Waals surface area contributed by atoms with E-state index >= 15 is 0 Å². The van der Waals surface area contributed by atoms with Crippen molar-refractivity contribution in [1.29, 1.82) is 0 Å². The number of aryl methyl sites for hydroxylation is 1. The molecule has 0 radical (unpaired) electrons. The van der Waals surface area contributed by atoms with Crippen LogP contribution >= 0.6 is 0 Å². The van der Waals surface area contributed by atoms with Crippen LogP contribution in [-0.2, 0) is 6.42 Å². The highest BCUT2D eigenvalue weighted by Gasteiger charge is 2.07. The van der Waals surface area contributed by atoms with Crippen LogP contribution in [0.2, 0.25) is 0 Å². The average Bonchev–Trinajstić information content (AvgIpc) is 2.82. The Bertz CT molecular complexity index is 589. The summed E-state index contributed by atoms with van der Waals surface area (Å²) in [6.07, 6.45) is 5.00. The topological polar surface area (TPSA) is 44.5 Å². The van der Waals surface area contributed by atoms with Crippen LogP contribution in [-0.4, -0.2) is 15.2 Å². The molecule has 0 saturated carbocycles. The molecule has 0 saturated heterocycles. The predicted octanol–water partition coefficient (Wildman–Crippen LogP) is 2.61. The van der Waals surface area contributed by atoms with Crippen molar-refractivity contribution >= 4 is 21.8 Å². The first kappa shape index (κ1) is 7.62. The molecule has 0 fully saturated rings. The molecule has 3 nitrogen and oxygen atoms in total. The summed E-state index contributed by atoms with van der Waals surface area (Å²) in [4.78, 5) is 4.39. The quantitative estimate of drug-likeness (QED) is 0.601. The van der Waals surface area contributed by atoms with Gasteiger partial charge in [0.2, 0.25) is 0 Å². The van der Waals surface area contributed by atoms with E-state index in [0.29, 0.717) is 0 Å². The smallest absolute Gasteiger partial charge is 0.0713 e. The van der Waals surface area contributed by atoms with Crippen LogP contribution < -0.4 is 0 Å². The van der Waals surface area contributed by atoms with Gasteiger partial charge in [0.15, 0.2) is 0 Å². The van der Waals surface area contributed by atoms with Gasteiger partial charge in [-0.1, -0.05) is 6.92 Å². The molecule has 2 N–H and O–H groups in total. The number of H-pyrrole nitrogens is 2. The number of rotatable bonds is 1. The zero-order valence-electron chi connectivity index (χ0n) is 7.96. The summed E-state index contributed by atoms with van der Waals surface area (Å²) < 4.78 is 0. The summed E-state index contributed by atoms with van der Waals surface area (Å²) in [6.45, 7) is 2.16. The van der Waals surface area contributed by atoms with Gasteiger partial charge < -0.3 is 10.2 Å². The van der Waals surface area contributed by atoms with Crippen molar-refractivity contribution < 1.29 is 0 Å². The van der Waals surface area contributed by atoms with Crippen LogP contribution in [0.1, 0.15) is 12.5 Å². The minimum Gasteiger partial charge on any atom is -0.307 e. The zero-order valence-corrected chi connectivity index (χ0v) is 7.96. The van der Waals surface area contributed by atoms with E-state index in [0.717, 1.165) is 17.5 Å². The molecule has 0 unspecified atom stereocenters. The normalized spacial score (nSPS) is 11.5. The second-order valence-corrected chi connectivity index (χ2v) is 3.47. The molecule has 2 aromatic heterocycles. The van der Waals surface area contributed by atoms with Gasteiger partial charge in [0.1, 0.15) is 0 Å². The average molecular weight is 185 g/mol. The first-order valence-electron chi connectivity index (χ1n) is 4.82. The lowest BCUT2D eigenvalue weighted by molar-refractivity contribution is 1.12. The zero-order chi connectivity index (χ0) is 9.54. The molecule has 70 valence electrons. The molecule has 3 heteroatoms. The summed E-state index contributed by atoms with van der Waals surface area (Å²) >= 11 is 0. The molecule has 0 bridgehead atoms. The molecule has 14 heavy (non-hydrogen) atoms. The van der Waals surface area contributed by atoms with Crippen molar-refractivity contribution in [3.63, 3.8) is 0 Å². The maximum Gasteiger partial charge on any atom is 0.0713 e. The molecule has 3 rings (SSSR count). The molecule has 1 aromatic carbocycles. The minimum absolute atomic E-state index is 1.03. The Morgan fingerprint density at radius 3 is 3.14 bits per heavy atom. The SMILES string of the molecule is CCc1cnc2ccc3[nH][nH]cc3c12. The van der Waals surface area contributed by atoms with Crippen molar-refractivity contribution in [3.05, 3.63) is 30.1 Å². The second kappa shape index (κ2) is 2.61. The van der Waals surface area contributed by atoms with Crippen LogP contribution in [0.3, 0.4) is 0 Å². The maximum atomic E-state index is 4.39. The Morgan fingerprint density at radius 2 is 2.29 bits per heavy atom. The lowest BCUT2D eigenvalue weighted by Gasteiger charge is -1.95. The summed E-state index contributed by atoms with van der Waals surface area (Å²) in [7, 11) is 0. The van der Waals surface area contributed by atoms with Crippen molar-refractivity contribution in [2.75, 3.05) is 0 Å². The fraction of sp³-hybridized carbons (Fsp3) is 0.182. The number of nitrogens with zero attached hydrogens (tertiary/aromatic N) is 1. The molecule has 0 aliphatic heterocycles. The Kier molecular flexibility index (Phi) is 1.42. The molecule has 2 heterocycles. The lowest BCUT2D eigenvalue weighted by Crippen LogP contribution is -1.76. The van der Waals surface area contributed by atoms with Crippen LogP contribution in [0.4, 0.5) is 0 Å². The lowest BCUT2D eigenvalue weighted by atomic mass is 10.1. The van der Waals surface area contributed by atoms with Gasteiger partial charge in [0.05, 0.1) is 11.0 Å². The van der Waals surface area contributed by atoms with Crippen molar-refractivity contribution in [2.45, 2.75) is 13.3 Å². The monoisotopic (exact) mass is 185 g/mol. The highest BCUT2D eigenvalue weighted by Crippen LogP contribution is 2.26. The van der Waals surface area contributed by atoms with Crippen LogP contribution in [0.25, 0.3) is 21.8 Å². The Labute approximate surface area is 81.1 Å².